The summed E-state index contributed by atoms with van der Waals surface area (Å²) in [6.07, 6.45) is 15.5. The lowest BCUT2D eigenvalue weighted by molar-refractivity contribution is -0.171. The zero-order valence-corrected chi connectivity index (χ0v) is 30.9. The van der Waals surface area contributed by atoms with E-state index in [9.17, 15) is 9.59 Å². The van der Waals surface area contributed by atoms with Crippen LogP contribution in [0.2, 0.25) is 0 Å². The van der Waals surface area contributed by atoms with Crippen molar-refractivity contribution in [2.45, 2.75) is 110 Å². The highest BCUT2D eigenvalue weighted by Crippen LogP contribution is 2.68. The van der Waals surface area contributed by atoms with Crippen LogP contribution in [-0.2, 0) is 25.5 Å². The summed E-state index contributed by atoms with van der Waals surface area (Å²) in [6.45, 7) is 15.8. The molecular formula is C40H46N4O7. The second-order valence-electron chi connectivity index (χ2n) is 15.7. The number of benzene rings is 1. The van der Waals surface area contributed by atoms with E-state index in [-0.39, 0.29) is 29.5 Å². The number of rotatable bonds is 9. The number of hydrogen-bond acceptors (Lipinski definition) is 10. The second-order valence-corrected chi connectivity index (χ2v) is 15.7. The van der Waals surface area contributed by atoms with Crippen LogP contribution in [0.1, 0.15) is 103 Å². The van der Waals surface area contributed by atoms with Gasteiger partial charge < -0.3 is 18.9 Å². The summed E-state index contributed by atoms with van der Waals surface area (Å²) in [5.74, 6) is -0.979. The molecule has 51 heavy (non-hydrogen) atoms. The molecule has 8 rings (SSSR count). The number of hydrogen-bond donors (Lipinski definition) is 0. The Morgan fingerprint density at radius 3 is 2.45 bits per heavy atom. The van der Waals surface area contributed by atoms with Gasteiger partial charge in [-0.1, -0.05) is 35.5 Å². The van der Waals surface area contributed by atoms with Gasteiger partial charge in [-0.3, -0.25) is 9.59 Å². The lowest BCUT2D eigenvalue weighted by Gasteiger charge is -2.56. The normalized spacial score (nSPS) is 29.3. The predicted octanol–water partition coefficient (Wildman–Crippen LogP) is 6.60. The van der Waals surface area contributed by atoms with E-state index in [0.29, 0.717) is 52.3 Å². The number of ketones is 2. The highest BCUT2D eigenvalue weighted by Gasteiger charge is 2.81. The fraction of sp³-hybridized carbons (Fsp3) is 0.500. The van der Waals surface area contributed by atoms with Crippen molar-refractivity contribution in [3.8, 4) is 17.2 Å². The van der Waals surface area contributed by atoms with Crippen molar-refractivity contribution in [2.24, 2.45) is 11.8 Å². The van der Waals surface area contributed by atoms with E-state index in [4.69, 9.17) is 18.9 Å². The Labute approximate surface area is 298 Å². The Kier molecular flexibility index (Phi) is 8.16. The maximum Gasteiger partial charge on any atom is 0.333 e. The molecule has 2 fully saturated rings. The van der Waals surface area contributed by atoms with Crippen molar-refractivity contribution in [1.29, 1.82) is 0 Å². The van der Waals surface area contributed by atoms with Gasteiger partial charge in [0, 0.05) is 40.5 Å². The first kappa shape index (κ1) is 34.8. The van der Waals surface area contributed by atoms with Crippen LogP contribution < -0.4 is 9.47 Å². The summed E-state index contributed by atoms with van der Waals surface area (Å²) in [4.78, 5) is 43.8. The number of carbonyl (C=O) groups is 3. The average Bonchev–Trinajstić information content (AvgIpc) is 3.66. The molecule has 1 saturated heterocycles. The molecule has 4 heterocycles. The average molecular weight is 695 g/mol. The first-order valence-corrected chi connectivity index (χ1v) is 17.7. The van der Waals surface area contributed by atoms with Crippen LogP contribution in [0.3, 0.4) is 0 Å². The Morgan fingerprint density at radius 1 is 1.04 bits per heavy atom. The molecular weight excluding hydrogens is 648 g/mol. The van der Waals surface area contributed by atoms with Crippen LogP contribution in [0.4, 0.5) is 0 Å². The Morgan fingerprint density at radius 2 is 1.78 bits per heavy atom. The molecule has 3 aliphatic carbocycles. The molecule has 5 atom stereocenters. The molecule has 6 aliphatic rings. The number of ether oxygens (including phenoxy) is 4. The van der Waals surface area contributed by atoms with E-state index in [1.165, 1.54) is 23.8 Å². The molecule has 2 aromatic rings. The van der Waals surface area contributed by atoms with Crippen molar-refractivity contribution in [1.82, 2.24) is 20.2 Å². The molecule has 3 aliphatic heterocycles. The summed E-state index contributed by atoms with van der Waals surface area (Å²) in [7, 11) is 1.32. The van der Waals surface area contributed by atoms with Crippen molar-refractivity contribution < 1.29 is 33.3 Å². The van der Waals surface area contributed by atoms with Crippen LogP contribution in [0.25, 0.3) is 11.8 Å². The fourth-order valence-corrected chi connectivity index (χ4v) is 8.81. The maximum absolute atomic E-state index is 15.4. The molecule has 4 bridgehead atoms. The molecule has 1 spiro atoms. The standard InChI is InChI=1S/C40H46N4O7/c1-22(2)11-10-16-38(8)17-15-26-31(44-42-21-41-43-44)30-32(45)28-19-25-20-29-37(6,7)51-39(35(25)46,18-14-24(5)36(47)48-9)40(28,29)50-34(30)27(33(26)49-38)13-12-23(3)4/h11-12,14-15,17,19,21,25,29H,10,13,16,18,20H2,1-9H3/b24-14-. The van der Waals surface area contributed by atoms with E-state index in [2.05, 4.69) is 48.3 Å². The number of carbonyl (C=O) groups excluding carboxylic acids is 3. The lowest BCUT2D eigenvalue weighted by atomic mass is 9.51. The molecule has 0 amide bonds. The number of fused-ring (bicyclic) bond motifs is 2. The van der Waals surface area contributed by atoms with Crippen molar-refractivity contribution >= 4 is 23.6 Å². The molecule has 268 valence electrons. The molecule has 5 unspecified atom stereocenters. The molecule has 1 aromatic carbocycles. The molecule has 1 saturated carbocycles. The Balaban J connectivity index is 1.51. The van der Waals surface area contributed by atoms with E-state index >= 15 is 4.79 Å². The van der Waals surface area contributed by atoms with E-state index in [1.54, 1.807) is 19.1 Å². The Hall–Kier alpha value is -4.64. The molecule has 11 heteroatoms. The van der Waals surface area contributed by atoms with Crippen molar-refractivity contribution in [3.05, 3.63) is 75.7 Å². The van der Waals surface area contributed by atoms with Gasteiger partial charge in [0.15, 0.2) is 29.1 Å². The fourth-order valence-electron chi connectivity index (χ4n) is 8.81. The summed E-state index contributed by atoms with van der Waals surface area (Å²) in [5, 5.41) is 12.6. The third kappa shape index (κ3) is 5.10. The van der Waals surface area contributed by atoms with Crippen molar-refractivity contribution in [2.75, 3.05) is 7.11 Å². The molecule has 0 radical (unpaired) electrons. The van der Waals surface area contributed by atoms with E-state index < -0.39 is 34.3 Å². The predicted molar refractivity (Wildman–Crippen MR) is 190 cm³/mol. The monoisotopic (exact) mass is 694 g/mol. The zero-order valence-electron chi connectivity index (χ0n) is 30.9. The highest BCUT2D eigenvalue weighted by atomic mass is 16.6. The minimum Gasteiger partial charge on any atom is -0.482 e. The molecule has 0 N–H and O–H groups in total. The van der Waals surface area contributed by atoms with Gasteiger partial charge in [-0.05, 0) is 98.4 Å². The van der Waals surface area contributed by atoms with Gasteiger partial charge in [0.2, 0.25) is 0 Å². The third-order valence-corrected chi connectivity index (χ3v) is 11.2. The number of allylic oxidation sites excluding steroid dienone is 5. The maximum atomic E-state index is 15.4. The lowest BCUT2D eigenvalue weighted by Crippen LogP contribution is -2.72. The van der Waals surface area contributed by atoms with Crippen LogP contribution in [0.15, 0.2) is 59.0 Å². The number of tetrazole rings is 1. The number of esters is 1. The third-order valence-electron chi connectivity index (χ3n) is 11.2. The molecule has 11 nitrogen and oxygen atoms in total. The SMILES string of the molecule is COC(=O)/C(C)=C\CC12OC(C)(C)C3CC(C=C4C(=O)c5c(c(CC=C(C)C)c6c(c5-n5ncnn5)C=CC(C)(CCC=C(C)C)O6)OC431)C2=O. The van der Waals surface area contributed by atoms with Gasteiger partial charge in [0.1, 0.15) is 22.8 Å². The van der Waals surface area contributed by atoms with Crippen molar-refractivity contribution in [3.63, 3.8) is 0 Å². The van der Waals surface area contributed by atoms with Crippen LogP contribution in [0, 0.1) is 11.8 Å². The minimum atomic E-state index is -1.58. The quantitative estimate of drug-likeness (QED) is 0.161. The van der Waals surface area contributed by atoms with Gasteiger partial charge in [0.25, 0.3) is 0 Å². The van der Waals surface area contributed by atoms with Crippen LogP contribution >= 0.6 is 0 Å². The summed E-state index contributed by atoms with van der Waals surface area (Å²) in [5.41, 5.74) is 0.498. The van der Waals surface area contributed by atoms with Gasteiger partial charge in [0.05, 0.1) is 18.3 Å². The van der Waals surface area contributed by atoms with Crippen LogP contribution in [-0.4, -0.2) is 67.3 Å². The van der Waals surface area contributed by atoms with Gasteiger partial charge >= 0.3 is 5.97 Å². The van der Waals surface area contributed by atoms with Gasteiger partial charge in [-0.2, -0.15) is 0 Å². The minimum absolute atomic E-state index is 0.0244. The first-order chi connectivity index (χ1) is 24.1. The smallest absolute Gasteiger partial charge is 0.333 e. The number of methoxy groups -OCH3 is 1. The second kappa shape index (κ2) is 12.0. The van der Waals surface area contributed by atoms with E-state index in [0.717, 1.165) is 18.4 Å². The summed E-state index contributed by atoms with van der Waals surface area (Å²) in [6, 6.07) is 0. The van der Waals surface area contributed by atoms with Gasteiger partial charge in [-0.15, -0.1) is 15.0 Å². The summed E-state index contributed by atoms with van der Waals surface area (Å²) < 4.78 is 26.3. The van der Waals surface area contributed by atoms with Gasteiger partial charge in [-0.25, -0.2) is 4.79 Å². The topological polar surface area (TPSA) is 132 Å². The Bertz CT molecular complexity index is 2010. The number of aromatic nitrogens is 4. The largest absolute Gasteiger partial charge is 0.482 e. The molecule has 1 aromatic heterocycles. The summed E-state index contributed by atoms with van der Waals surface area (Å²) >= 11 is 0. The highest BCUT2D eigenvalue weighted by molar-refractivity contribution is 6.19. The van der Waals surface area contributed by atoms with E-state index in [1.807, 2.05) is 39.8 Å². The number of nitrogens with zero attached hydrogens (tertiary/aromatic N) is 4. The first-order valence-electron chi connectivity index (χ1n) is 17.7. The zero-order chi connectivity index (χ0) is 36.7. The number of Topliss-reactive ketones (excluding diaryl/α,β-unsaturated/α-hetero) is 2. The van der Waals surface area contributed by atoms with Crippen LogP contribution in [0.5, 0.6) is 11.5 Å².